The quantitative estimate of drug-likeness (QED) is 0.476. The molecule has 1 saturated heterocycles. The highest BCUT2D eigenvalue weighted by atomic mass is 32.1. The van der Waals surface area contributed by atoms with Gasteiger partial charge >= 0.3 is 0 Å². The SMILES string of the molecule is COCCCN1C(=S)NC(c2ccccn2)C1c1ccc(-c2ccccc2)o1. The molecule has 6 heteroatoms. The monoisotopic (exact) mass is 393 g/mol. The lowest BCUT2D eigenvalue weighted by Gasteiger charge is -2.25. The molecule has 1 aliphatic rings. The molecule has 3 heterocycles. The van der Waals surface area contributed by atoms with Gasteiger partial charge in [-0.25, -0.2) is 0 Å². The van der Waals surface area contributed by atoms with Gasteiger partial charge in [-0.2, -0.15) is 0 Å². The van der Waals surface area contributed by atoms with Gasteiger partial charge in [0.15, 0.2) is 5.11 Å². The Hall–Kier alpha value is -2.70. The van der Waals surface area contributed by atoms with Crippen molar-refractivity contribution in [3.05, 3.63) is 78.3 Å². The minimum atomic E-state index is -0.0639. The van der Waals surface area contributed by atoms with Crippen LogP contribution in [0.15, 0.2) is 71.3 Å². The molecule has 0 aliphatic carbocycles. The minimum absolute atomic E-state index is 0.0586. The largest absolute Gasteiger partial charge is 0.459 e. The van der Waals surface area contributed by atoms with Crippen molar-refractivity contribution in [2.75, 3.05) is 20.3 Å². The number of thiocarbonyl (C=S) groups is 1. The number of nitrogens with zero attached hydrogens (tertiary/aromatic N) is 2. The zero-order valence-electron chi connectivity index (χ0n) is 15.7. The van der Waals surface area contributed by atoms with Crippen molar-refractivity contribution in [1.29, 1.82) is 0 Å². The van der Waals surface area contributed by atoms with Crippen LogP contribution in [-0.2, 0) is 4.74 Å². The Morgan fingerprint density at radius 3 is 2.68 bits per heavy atom. The number of furan rings is 1. The van der Waals surface area contributed by atoms with Crippen molar-refractivity contribution in [2.24, 2.45) is 0 Å². The van der Waals surface area contributed by atoms with Crippen LogP contribution < -0.4 is 5.32 Å². The van der Waals surface area contributed by atoms with E-state index in [1.165, 1.54) is 0 Å². The van der Waals surface area contributed by atoms with E-state index in [1.807, 2.05) is 66.9 Å². The van der Waals surface area contributed by atoms with Gasteiger partial charge in [0.25, 0.3) is 0 Å². The average Bonchev–Trinajstić information content (AvgIpc) is 3.35. The summed E-state index contributed by atoms with van der Waals surface area (Å²) in [7, 11) is 1.72. The first-order valence-corrected chi connectivity index (χ1v) is 9.81. The Labute approximate surface area is 170 Å². The fourth-order valence-corrected chi connectivity index (χ4v) is 3.94. The number of pyridine rings is 1. The van der Waals surface area contributed by atoms with Crippen molar-refractivity contribution in [3.63, 3.8) is 0 Å². The van der Waals surface area contributed by atoms with Crippen molar-refractivity contribution in [3.8, 4) is 11.3 Å². The molecule has 0 spiro atoms. The lowest BCUT2D eigenvalue weighted by atomic mass is 10.0. The van der Waals surface area contributed by atoms with E-state index in [0.717, 1.165) is 40.9 Å². The molecule has 2 aromatic heterocycles. The van der Waals surface area contributed by atoms with Crippen LogP contribution in [0.1, 0.15) is 30.0 Å². The summed E-state index contributed by atoms with van der Waals surface area (Å²) in [4.78, 5) is 6.73. The number of hydrogen-bond acceptors (Lipinski definition) is 4. The molecule has 2 unspecified atom stereocenters. The van der Waals surface area contributed by atoms with Gasteiger partial charge in [0, 0.05) is 32.0 Å². The Morgan fingerprint density at radius 2 is 1.93 bits per heavy atom. The molecule has 1 aliphatic heterocycles. The van der Waals surface area contributed by atoms with Gasteiger partial charge in [0.05, 0.1) is 11.7 Å². The number of hydrogen-bond donors (Lipinski definition) is 1. The maximum absolute atomic E-state index is 6.29. The fraction of sp³-hybridized carbons (Fsp3) is 0.273. The summed E-state index contributed by atoms with van der Waals surface area (Å²) in [6, 6.07) is 20.0. The van der Waals surface area contributed by atoms with E-state index in [-0.39, 0.29) is 12.1 Å². The van der Waals surface area contributed by atoms with E-state index < -0.39 is 0 Å². The fourth-order valence-electron chi connectivity index (χ4n) is 3.60. The maximum Gasteiger partial charge on any atom is 0.170 e. The number of aromatic nitrogens is 1. The standard InChI is InChI=1S/C22H23N3O2S/c1-26-15-7-14-25-21(20(24-22(25)28)17-10-5-6-13-23-17)19-12-11-18(27-19)16-8-3-2-4-9-16/h2-6,8-13,20-21H,7,14-15H2,1H3,(H,24,28). The van der Waals surface area contributed by atoms with Gasteiger partial charge in [-0.05, 0) is 42.9 Å². The van der Waals surface area contributed by atoms with Gasteiger partial charge in [0.2, 0.25) is 0 Å². The molecular weight excluding hydrogens is 370 g/mol. The molecule has 4 rings (SSSR count). The molecule has 0 saturated carbocycles. The van der Waals surface area contributed by atoms with E-state index in [0.29, 0.717) is 6.61 Å². The van der Waals surface area contributed by atoms with E-state index in [9.17, 15) is 0 Å². The topological polar surface area (TPSA) is 50.5 Å². The van der Waals surface area contributed by atoms with Gasteiger partial charge in [-0.1, -0.05) is 36.4 Å². The minimum Gasteiger partial charge on any atom is -0.459 e. The molecule has 144 valence electrons. The van der Waals surface area contributed by atoms with Crippen molar-refractivity contribution in [1.82, 2.24) is 15.2 Å². The first kappa shape index (κ1) is 18.7. The van der Waals surface area contributed by atoms with Gasteiger partial charge in [-0.15, -0.1) is 0 Å². The summed E-state index contributed by atoms with van der Waals surface area (Å²) < 4.78 is 11.5. The Balaban J connectivity index is 1.68. The highest BCUT2D eigenvalue weighted by molar-refractivity contribution is 7.80. The third-order valence-electron chi connectivity index (χ3n) is 4.92. The summed E-state index contributed by atoms with van der Waals surface area (Å²) in [5.41, 5.74) is 2.00. The summed E-state index contributed by atoms with van der Waals surface area (Å²) in [6.45, 7) is 1.47. The van der Waals surface area contributed by atoms with Gasteiger partial charge in [0.1, 0.15) is 17.6 Å². The molecule has 0 radical (unpaired) electrons. The number of ether oxygens (including phenoxy) is 1. The van der Waals surface area contributed by atoms with Crippen LogP contribution in [0.3, 0.4) is 0 Å². The molecule has 1 fully saturated rings. The van der Waals surface area contributed by atoms with Gasteiger partial charge < -0.3 is 19.4 Å². The Bertz CT molecular complexity index is 914. The Kier molecular flexibility index (Phi) is 5.69. The second-order valence-electron chi connectivity index (χ2n) is 6.73. The highest BCUT2D eigenvalue weighted by Gasteiger charge is 2.41. The second kappa shape index (κ2) is 8.54. The predicted octanol–water partition coefficient (Wildman–Crippen LogP) is 4.35. The lowest BCUT2D eigenvalue weighted by molar-refractivity contribution is 0.177. The zero-order valence-corrected chi connectivity index (χ0v) is 16.6. The number of benzene rings is 1. The molecular formula is C22H23N3O2S. The van der Waals surface area contributed by atoms with Crippen LogP contribution >= 0.6 is 12.2 Å². The molecule has 2 atom stereocenters. The molecule has 28 heavy (non-hydrogen) atoms. The van der Waals surface area contributed by atoms with E-state index in [2.05, 4.69) is 15.2 Å². The molecule has 3 aromatic rings. The maximum atomic E-state index is 6.29. The highest BCUT2D eigenvalue weighted by Crippen LogP contribution is 2.40. The molecule has 1 aromatic carbocycles. The van der Waals surface area contributed by atoms with Crippen LogP contribution in [0.2, 0.25) is 0 Å². The first-order valence-electron chi connectivity index (χ1n) is 9.40. The normalized spacial score (nSPS) is 19.0. The summed E-state index contributed by atoms with van der Waals surface area (Å²) in [5, 5.41) is 4.16. The van der Waals surface area contributed by atoms with Gasteiger partial charge in [-0.3, -0.25) is 4.98 Å². The molecule has 1 N–H and O–H groups in total. The summed E-state index contributed by atoms with van der Waals surface area (Å²) >= 11 is 5.65. The zero-order chi connectivity index (χ0) is 19.3. The third-order valence-corrected chi connectivity index (χ3v) is 5.27. The van der Waals surface area contributed by atoms with Crippen LogP contribution in [-0.4, -0.2) is 35.3 Å². The smallest absolute Gasteiger partial charge is 0.170 e. The molecule has 0 amide bonds. The number of methoxy groups -OCH3 is 1. The summed E-state index contributed by atoms with van der Waals surface area (Å²) in [6.07, 6.45) is 2.69. The first-order chi connectivity index (χ1) is 13.8. The van der Waals surface area contributed by atoms with E-state index >= 15 is 0 Å². The second-order valence-corrected chi connectivity index (χ2v) is 7.12. The summed E-state index contributed by atoms with van der Waals surface area (Å²) in [5.74, 6) is 1.73. The Morgan fingerprint density at radius 1 is 1.11 bits per heavy atom. The van der Waals surface area contributed by atoms with E-state index in [1.54, 1.807) is 7.11 Å². The average molecular weight is 394 g/mol. The number of rotatable bonds is 7. The lowest BCUT2D eigenvalue weighted by Crippen LogP contribution is -2.31. The van der Waals surface area contributed by atoms with Crippen LogP contribution in [0.4, 0.5) is 0 Å². The third kappa shape index (κ3) is 3.79. The number of nitrogens with one attached hydrogen (secondary N) is 1. The molecule has 0 bridgehead atoms. The van der Waals surface area contributed by atoms with E-state index in [4.69, 9.17) is 21.4 Å². The van der Waals surface area contributed by atoms with Crippen molar-refractivity contribution < 1.29 is 9.15 Å². The van der Waals surface area contributed by atoms with Crippen LogP contribution in [0.5, 0.6) is 0 Å². The van der Waals surface area contributed by atoms with Crippen LogP contribution in [0.25, 0.3) is 11.3 Å². The predicted molar refractivity (Wildman–Crippen MR) is 113 cm³/mol. The van der Waals surface area contributed by atoms with Crippen molar-refractivity contribution in [2.45, 2.75) is 18.5 Å². The van der Waals surface area contributed by atoms with Crippen LogP contribution in [0, 0.1) is 0 Å². The van der Waals surface area contributed by atoms with Crippen molar-refractivity contribution >= 4 is 17.3 Å². The molecule has 5 nitrogen and oxygen atoms in total.